The lowest BCUT2D eigenvalue weighted by molar-refractivity contribution is -0.254. The highest BCUT2D eigenvalue weighted by atomic mass is 16.8. The van der Waals surface area contributed by atoms with Gasteiger partial charge in [-0.05, 0) is 103 Å². The fourth-order valence-electron chi connectivity index (χ4n) is 10.3. The van der Waals surface area contributed by atoms with Crippen molar-refractivity contribution in [3.8, 4) is 17.2 Å². The molecule has 1 amide bonds. The number of carbonyl (C=O) groups excluding carboxylic acids is 1. The minimum absolute atomic E-state index is 0.0512. The topological polar surface area (TPSA) is 138 Å². The average molecular weight is 889 g/mol. The SMILES string of the molecule is C=CCOC12Oc3ccc(Oc4ccc5ccccc5c4)cc3C3C(CCCCO)C(CCCCO)C=C(C(=NOC4CCCCO4)CC1N(C)C(=O)OCCOCc1ccccc1)C32. The van der Waals surface area contributed by atoms with Crippen LogP contribution in [0, 0.1) is 17.8 Å². The quantitative estimate of drug-likeness (QED) is 0.0473. The molecule has 7 unspecified atom stereocenters. The zero-order valence-corrected chi connectivity index (χ0v) is 37.6. The number of rotatable bonds is 21. The number of carbonyl (C=O) groups is 1. The van der Waals surface area contributed by atoms with E-state index >= 15 is 0 Å². The van der Waals surface area contributed by atoms with Crippen molar-refractivity contribution < 1.29 is 48.3 Å². The lowest BCUT2D eigenvalue weighted by atomic mass is 9.55. The summed E-state index contributed by atoms with van der Waals surface area (Å²) in [6.07, 6.45) is 10.5. The molecule has 0 bridgehead atoms. The number of nitrogens with zero attached hydrogens (tertiary/aromatic N) is 2. The lowest BCUT2D eigenvalue weighted by Gasteiger charge is -2.59. The summed E-state index contributed by atoms with van der Waals surface area (Å²) in [4.78, 5) is 22.1. The zero-order valence-electron chi connectivity index (χ0n) is 37.6. The summed E-state index contributed by atoms with van der Waals surface area (Å²) in [7, 11) is 1.72. The number of unbranched alkanes of at least 4 members (excludes halogenated alkanes) is 2. The molecule has 4 aliphatic rings. The van der Waals surface area contributed by atoms with Gasteiger partial charge in [0, 0.05) is 44.6 Å². The maximum absolute atomic E-state index is 14.3. The molecule has 1 saturated carbocycles. The van der Waals surface area contributed by atoms with Crippen molar-refractivity contribution in [2.24, 2.45) is 22.9 Å². The number of hydrogen-bond acceptors (Lipinski definition) is 11. The molecular weight excluding hydrogens is 825 g/mol. The summed E-state index contributed by atoms with van der Waals surface area (Å²) >= 11 is 0. The van der Waals surface area contributed by atoms with E-state index in [1.54, 1.807) is 18.0 Å². The molecule has 12 heteroatoms. The second-order valence-electron chi connectivity index (χ2n) is 17.5. The standard InChI is InChI=1S/C53H64N2O10/c1-3-28-62-53-48(55(2)52(58)61-31-30-59-36-37-15-5-4-6-16-37)35-46(54-65-49-21-11-14-29-60-49)44-33-40(19-9-12-26-56)43(20-10-13-27-57)50(51(44)53)45-34-42(24-25-47(45)64-53)63-41-23-22-38-17-7-8-18-39(38)32-41/h3-8,15-18,22-25,32-34,40,43,48-51,56-57H,1,9-14,19-21,26-31,35-36H2,2H3. The van der Waals surface area contributed by atoms with Crippen LogP contribution in [-0.2, 0) is 30.4 Å². The predicted molar refractivity (Wildman–Crippen MR) is 249 cm³/mol. The number of hydrogen-bond donors (Lipinski definition) is 2. The molecule has 0 spiro atoms. The first-order valence-corrected chi connectivity index (χ1v) is 23.5. The first-order valence-electron chi connectivity index (χ1n) is 23.5. The average Bonchev–Trinajstić information content (AvgIpc) is 3.34. The number of fused-ring (bicyclic) bond motifs is 3. The Balaban J connectivity index is 1.21. The van der Waals surface area contributed by atoms with E-state index in [-0.39, 0.29) is 57.2 Å². The maximum atomic E-state index is 14.3. The van der Waals surface area contributed by atoms with Crippen LogP contribution in [0.1, 0.15) is 81.3 Å². The van der Waals surface area contributed by atoms with Crippen LogP contribution in [0.4, 0.5) is 4.79 Å². The van der Waals surface area contributed by atoms with E-state index in [2.05, 4.69) is 36.9 Å². The maximum Gasteiger partial charge on any atom is 0.410 e. The molecule has 2 fully saturated rings. The van der Waals surface area contributed by atoms with Crippen LogP contribution in [0.5, 0.6) is 17.2 Å². The molecule has 7 atom stereocenters. The molecule has 346 valence electrons. The summed E-state index contributed by atoms with van der Waals surface area (Å²) < 4.78 is 38.7. The molecule has 4 aromatic carbocycles. The molecule has 2 aliphatic carbocycles. The number of oxime groups is 1. The fourth-order valence-corrected chi connectivity index (χ4v) is 10.3. The molecule has 0 aromatic heterocycles. The van der Waals surface area contributed by atoms with Gasteiger partial charge in [0.15, 0.2) is 0 Å². The molecule has 8 rings (SSSR count). The van der Waals surface area contributed by atoms with Crippen LogP contribution >= 0.6 is 0 Å². The van der Waals surface area contributed by atoms with Gasteiger partial charge in [-0.3, -0.25) is 0 Å². The number of likely N-dealkylation sites (N-methyl/N-ethyl adjacent to an activating group) is 1. The van der Waals surface area contributed by atoms with E-state index in [1.165, 1.54) is 0 Å². The molecule has 12 nitrogen and oxygen atoms in total. The Morgan fingerprint density at radius 2 is 1.68 bits per heavy atom. The van der Waals surface area contributed by atoms with Gasteiger partial charge in [-0.25, -0.2) is 4.79 Å². The van der Waals surface area contributed by atoms with Gasteiger partial charge in [0.25, 0.3) is 0 Å². The molecule has 2 N–H and O–H groups in total. The molecule has 4 aromatic rings. The summed E-state index contributed by atoms with van der Waals surface area (Å²) in [5.74, 6) is 0.0524. The van der Waals surface area contributed by atoms with Gasteiger partial charge in [-0.1, -0.05) is 90.8 Å². The number of amides is 1. The van der Waals surface area contributed by atoms with Gasteiger partial charge in [-0.2, -0.15) is 0 Å². The Morgan fingerprint density at radius 3 is 2.46 bits per heavy atom. The Kier molecular flexibility index (Phi) is 15.9. The smallest absolute Gasteiger partial charge is 0.410 e. The van der Waals surface area contributed by atoms with Crippen LogP contribution in [-0.4, -0.2) is 91.7 Å². The number of aliphatic hydroxyl groups excluding tert-OH is 2. The van der Waals surface area contributed by atoms with Crippen LogP contribution < -0.4 is 9.47 Å². The van der Waals surface area contributed by atoms with Crippen molar-refractivity contribution in [1.82, 2.24) is 4.90 Å². The van der Waals surface area contributed by atoms with Crippen molar-refractivity contribution in [3.05, 3.63) is 126 Å². The Morgan fingerprint density at radius 1 is 0.908 bits per heavy atom. The molecule has 0 radical (unpaired) electrons. The molecule has 1 saturated heterocycles. The third-order valence-electron chi connectivity index (χ3n) is 13.3. The van der Waals surface area contributed by atoms with Gasteiger partial charge in [0.05, 0.1) is 38.1 Å². The van der Waals surface area contributed by atoms with Gasteiger partial charge in [0.2, 0.25) is 12.1 Å². The van der Waals surface area contributed by atoms with Crippen molar-refractivity contribution in [3.63, 3.8) is 0 Å². The first kappa shape index (κ1) is 46.3. The van der Waals surface area contributed by atoms with Crippen LogP contribution in [0.2, 0.25) is 0 Å². The van der Waals surface area contributed by atoms with Gasteiger partial charge in [-0.15, -0.1) is 6.58 Å². The van der Waals surface area contributed by atoms with Crippen molar-refractivity contribution in [1.29, 1.82) is 0 Å². The molecule has 2 aliphatic heterocycles. The lowest BCUT2D eigenvalue weighted by Crippen LogP contribution is -2.69. The number of benzene rings is 4. The van der Waals surface area contributed by atoms with Crippen molar-refractivity contribution in [2.75, 3.05) is 46.7 Å². The Labute approximate surface area is 382 Å². The third-order valence-corrected chi connectivity index (χ3v) is 13.3. The summed E-state index contributed by atoms with van der Waals surface area (Å²) in [6.45, 7) is 5.66. The molecular formula is C53H64N2O10. The van der Waals surface area contributed by atoms with E-state index in [0.29, 0.717) is 43.3 Å². The highest BCUT2D eigenvalue weighted by molar-refractivity contribution is 6.03. The largest absolute Gasteiger partial charge is 0.459 e. The van der Waals surface area contributed by atoms with Gasteiger partial charge >= 0.3 is 6.09 Å². The normalized spacial score (nSPS) is 25.2. The summed E-state index contributed by atoms with van der Waals surface area (Å²) in [6, 6.07) is 29.4. The monoisotopic (exact) mass is 888 g/mol. The predicted octanol–water partition coefficient (Wildman–Crippen LogP) is 10.1. The second-order valence-corrected chi connectivity index (χ2v) is 17.5. The number of ether oxygens (including phenoxy) is 6. The fraction of sp³-hybridized carbons (Fsp3) is 0.472. The van der Waals surface area contributed by atoms with E-state index in [1.807, 2.05) is 66.7 Å². The highest BCUT2D eigenvalue weighted by Crippen LogP contribution is 2.62. The van der Waals surface area contributed by atoms with Crippen molar-refractivity contribution >= 4 is 22.6 Å². The summed E-state index contributed by atoms with van der Waals surface area (Å²) in [5.41, 5.74) is 3.64. The van der Waals surface area contributed by atoms with E-state index in [9.17, 15) is 15.0 Å². The van der Waals surface area contributed by atoms with Crippen LogP contribution in [0.15, 0.2) is 120 Å². The first-order chi connectivity index (χ1) is 31.9. The Hall–Kier alpha value is -5.24. The van der Waals surface area contributed by atoms with Crippen LogP contribution in [0.3, 0.4) is 0 Å². The molecule has 2 heterocycles. The Bertz CT molecular complexity index is 2260. The summed E-state index contributed by atoms with van der Waals surface area (Å²) in [5, 5.41) is 27.1. The number of allylic oxidation sites excluding steroid dienone is 1. The van der Waals surface area contributed by atoms with E-state index in [4.69, 9.17) is 38.4 Å². The van der Waals surface area contributed by atoms with E-state index in [0.717, 1.165) is 78.2 Å². The minimum Gasteiger partial charge on any atom is -0.459 e. The van der Waals surface area contributed by atoms with Gasteiger partial charge < -0.3 is 48.4 Å². The van der Waals surface area contributed by atoms with Gasteiger partial charge in [0.1, 0.15) is 29.9 Å². The third kappa shape index (κ3) is 10.7. The number of aliphatic hydroxyl groups is 2. The second kappa shape index (κ2) is 22.3. The zero-order chi connectivity index (χ0) is 45.0. The van der Waals surface area contributed by atoms with Crippen LogP contribution in [0.25, 0.3) is 10.8 Å². The highest BCUT2D eigenvalue weighted by Gasteiger charge is 2.65. The molecule has 65 heavy (non-hydrogen) atoms. The van der Waals surface area contributed by atoms with Crippen molar-refractivity contribution in [2.45, 2.75) is 94.9 Å². The minimum atomic E-state index is -1.42. The van der Waals surface area contributed by atoms with E-state index < -0.39 is 30.1 Å².